The number of amides is 1. The zero-order chi connectivity index (χ0) is 6.41. The molecule has 0 fully saturated rings. The van der Waals surface area contributed by atoms with Crippen molar-refractivity contribution in [2.45, 2.75) is 6.42 Å². The third-order valence-corrected chi connectivity index (χ3v) is 0.673. The molecule has 1 N–H and O–H groups in total. The normalized spacial score (nSPS) is 8.75. The molecule has 0 aromatic rings. The molecule has 0 saturated heterocycles. The van der Waals surface area contributed by atoms with Crippen molar-refractivity contribution in [2.75, 3.05) is 13.7 Å². The fourth-order valence-corrected chi connectivity index (χ4v) is 0.257. The van der Waals surface area contributed by atoms with Crippen molar-refractivity contribution < 1.29 is 9.53 Å². The van der Waals surface area contributed by atoms with Crippen molar-refractivity contribution in [1.82, 2.24) is 5.32 Å². The van der Waals surface area contributed by atoms with Crippen LogP contribution in [0.5, 0.6) is 0 Å². The van der Waals surface area contributed by atoms with Crippen LogP contribution in [0, 0.1) is 7.05 Å². The van der Waals surface area contributed by atoms with Crippen LogP contribution in [0.25, 0.3) is 0 Å². The second-order valence-corrected chi connectivity index (χ2v) is 1.29. The van der Waals surface area contributed by atoms with Gasteiger partial charge in [0, 0.05) is 13.5 Å². The molecule has 0 spiro atoms. The van der Waals surface area contributed by atoms with Gasteiger partial charge in [0.1, 0.15) is 7.05 Å². The molecule has 1 amide bonds. The van der Waals surface area contributed by atoms with E-state index in [-0.39, 0.29) is 12.3 Å². The monoisotopic (exact) mass is 114 g/mol. The lowest BCUT2D eigenvalue weighted by molar-refractivity contribution is -0.121. The number of hydrogen-bond acceptors (Lipinski definition) is 2. The van der Waals surface area contributed by atoms with E-state index in [9.17, 15) is 4.79 Å². The fourth-order valence-electron chi connectivity index (χ4n) is 0.257. The number of carbonyl (C=O) groups excluding carboxylic acids is 1. The summed E-state index contributed by atoms with van der Waals surface area (Å²) in [7, 11) is 7.84. The highest BCUT2D eigenvalue weighted by Gasteiger charge is 1.93. The maximum atomic E-state index is 10.2. The third kappa shape index (κ3) is 3.61. The van der Waals surface area contributed by atoms with Gasteiger partial charge in [-0.15, -0.1) is 0 Å². The standard InChI is InChI=1S/C5H8NO2/c1-6-5(7)3-4-8-2/h3-4H2,2H3,(H,6,7). The van der Waals surface area contributed by atoms with Gasteiger partial charge in [0.2, 0.25) is 5.91 Å². The molecule has 0 aromatic heterocycles. The summed E-state index contributed by atoms with van der Waals surface area (Å²) in [6.45, 7) is 0.380. The van der Waals surface area contributed by atoms with E-state index in [0.717, 1.165) is 0 Å². The Balaban J connectivity index is 2.99. The van der Waals surface area contributed by atoms with E-state index in [0.29, 0.717) is 6.61 Å². The topological polar surface area (TPSA) is 38.3 Å². The van der Waals surface area contributed by atoms with E-state index in [4.69, 9.17) is 7.05 Å². The summed E-state index contributed by atoms with van der Waals surface area (Å²) in [6, 6.07) is 0. The number of rotatable bonds is 3. The molecule has 0 saturated carbocycles. The van der Waals surface area contributed by atoms with Crippen molar-refractivity contribution >= 4 is 5.91 Å². The first-order chi connectivity index (χ1) is 3.81. The molecular formula is C5H8NO2. The molecule has 0 aliphatic rings. The predicted molar refractivity (Wildman–Crippen MR) is 27.9 cm³/mol. The minimum absolute atomic E-state index is 0.264. The Morgan fingerprint density at radius 2 is 2.50 bits per heavy atom. The molecule has 3 heteroatoms. The summed E-state index contributed by atoms with van der Waals surface area (Å²) in [5.74, 6) is -0.313. The van der Waals surface area contributed by atoms with E-state index in [1.165, 1.54) is 7.11 Å². The summed E-state index contributed by atoms with van der Waals surface area (Å²) in [5.41, 5.74) is 0. The van der Waals surface area contributed by atoms with E-state index in [1.807, 2.05) is 0 Å². The lowest BCUT2D eigenvalue weighted by Crippen LogP contribution is -2.16. The lowest BCUT2D eigenvalue weighted by Gasteiger charge is -1.94. The zero-order valence-corrected chi connectivity index (χ0v) is 4.73. The van der Waals surface area contributed by atoms with Crippen molar-refractivity contribution in [3.05, 3.63) is 7.05 Å². The highest BCUT2D eigenvalue weighted by Crippen LogP contribution is 1.77. The maximum Gasteiger partial charge on any atom is 0.222 e. The van der Waals surface area contributed by atoms with Crippen LogP contribution in [0.3, 0.4) is 0 Å². The summed E-state index contributed by atoms with van der Waals surface area (Å²) in [5, 5.41) is 1.73. The summed E-state index contributed by atoms with van der Waals surface area (Å²) in [6.07, 6.45) is 0.264. The van der Waals surface area contributed by atoms with Gasteiger partial charge in [-0.2, -0.15) is 0 Å². The van der Waals surface area contributed by atoms with Crippen LogP contribution in [-0.4, -0.2) is 19.6 Å². The fraction of sp³-hybridized carbons (Fsp3) is 0.600. The third-order valence-electron chi connectivity index (χ3n) is 0.673. The van der Waals surface area contributed by atoms with Gasteiger partial charge in [0.25, 0.3) is 0 Å². The highest BCUT2D eigenvalue weighted by atomic mass is 16.5. The molecular weight excluding hydrogens is 106 g/mol. The van der Waals surface area contributed by atoms with Gasteiger partial charge in [-0.3, -0.25) is 4.79 Å². The van der Waals surface area contributed by atoms with E-state index in [2.05, 4.69) is 4.74 Å². The Kier molecular flexibility index (Phi) is 4.26. The molecule has 0 rings (SSSR count). The smallest absolute Gasteiger partial charge is 0.222 e. The summed E-state index contributed by atoms with van der Waals surface area (Å²) >= 11 is 0. The van der Waals surface area contributed by atoms with Gasteiger partial charge in [0.15, 0.2) is 0 Å². The van der Waals surface area contributed by atoms with E-state index in [1.54, 1.807) is 5.32 Å². The van der Waals surface area contributed by atoms with E-state index >= 15 is 0 Å². The van der Waals surface area contributed by atoms with Crippen LogP contribution in [0.4, 0.5) is 0 Å². The second kappa shape index (κ2) is 4.59. The van der Waals surface area contributed by atoms with Crippen molar-refractivity contribution in [3.8, 4) is 0 Å². The molecule has 0 aliphatic heterocycles. The van der Waals surface area contributed by atoms with Crippen molar-refractivity contribution in [2.24, 2.45) is 0 Å². The average Bonchev–Trinajstić information content (AvgIpc) is 1.83. The molecule has 0 atom stereocenters. The first-order valence-electron chi connectivity index (χ1n) is 2.25. The Bertz CT molecular complexity index is 72.8. The number of carbonyl (C=O) groups is 1. The minimum Gasteiger partial charge on any atom is -0.384 e. The van der Waals surface area contributed by atoms with Crippen molar-refractivity contribution in [3.63, 3.8) is 0 Å². The largest absolute Gasteiger partial charge is 0.384 e. The second-order valence-electron chi connectivity index (χ2n) is 1.29. The zero-order valence-electron chi connectivity index (χ0n) is 4.73. The quantitative estimate of drug-likeness (QED) is 0.546. The molecule has 0 aromatic carbocycles. The van der Waals surface area contributed by atoms with Crippen LogP contribution < -0.4 is 5.32 Å². The number of hydrogen-bond donors (Lipinski definition) is 1. The highest BCUT2D eigenvalue weighted by molar-refractivity contribution is 5.76. The minimum atomic E-state index is -0.313. The first-order valence-corrected chi connectivity index (χ1v) is 2.25. The Morgan fingerprint density at radius 1 is 1.88 bits per heavy atom. The summed E-state index contributed by atoms with van der Waals surface area (Å²) in [4.78, 5) is 10.2. The van der Waals surface area contributed by atoms with Crippen LogP contribution in [0.1, 0.15) is 6.42 Å². The Labute approximate surface area is 49.0 Å². The van der Waals surface area contributed by atoms with Crippen LogP contribution in [0.15, 0.2) is 0 Å². The van der Waals surface area contributed by atoms with Gasteiger partial charge in [-0.1, -0.05) is 0 Å². The molecule has 45 valence electrons. The number of methoxy groups -OCH3 is 1. The van der Waals surface area contributed by atoms with Gasteiger partial charge in [0.05, 0.1) is 6.61 Å². The number of ether oxygens (including phenoxy) is 1. The van der Waals surface area contributed by atoms with E-state index < -0.39 is 0 Å². The molecule has 0 heterocycles. The molecule has 3 radical (unpaired) electrons. The van der Waals surface area contributed by atoms with Gasteiger partial charge in [-0.05, 0) is 0 Å². The SMILES string of the molecule is [C]NC(=O)CCOC. The van der Waals surface area contributed by atoms with Gasteiger partial charge < -0.3 is 10.1 Å². The van der Waals surface area contributed by atoms with Gasteiger partial charge >= 0.3 is 0 Å². The Morgan fingerprint density at radius 3 is 2.88 bits per heavy atom. The van der Waals surface area contributed by atoms with Crippen LogP contribution in [0.2, 0.25) is 0 Å². The first kappa shape index (κ1) is 7.43. The number of nitrogens with one attached hydrogen (secondary N) is 1. The molecule has 0 bridgehead atoms. The average molecular weight is 114 g/mol. The van der Waals surface area contributed by atoms with Crippen molar-refractivity contribution in [1.29, 1.82) is 0 Å². The lowest BCUT2D eigenvalue weighted by atomic mass is 10.4. The maximum absolute atomic E-state index is 10.2. The van der Waals surface area contributed by atoms with Gasteiger partial charge in [-0.25, -0.2) is 0 Å². The van der Waals surface area contributed by atoms with Crippen LogP contribution >= 0.6 is 0 Å². The molecule has 0 unspecified atom stereocenters. The predicted octanol–water partition coefficient (Wildman–Crippen LogP) is -0.315. The molecule has 8 heavy (non-hydrogen) atoms. The summed E-state index contributed by atoms with van der Waals surface area (Å²) < 4.78 is 4.57. The van der Waals surface area contributed by atoms with Crippen LogP contribution in [-0.2, 0) is 9.53 Å². The molecule has 0 aliphatic carbocycles. The molecule has 3 nitrogen and oxygen atoms in total. The Hall–Kier alpha value is -0.570.